The summed E-state index contributed by atoms with van der Waals surface area (Å²) in [6.07, 6.45) is 0.113. The number of carbonyl (C=O) groups is 1. The number of nitrogens with zero attached hydrogens (tertiary/aromatic N) is 2. The number of carbonyl (C=O) groups excluding carboxylic acids is 1. The topological polar surface area (TPSA) is 85.4 Å². The van der Waals surface area contributed by atoms with E-state index >= 15 is 0 Å². The maximum atomic E-state index is 13.0. The van der Waals surface area contributed by atoms with E-state index in [1.165, 1.54) is 12.3 Å². The SMILES string of the molecule is CCOc1cc(C(=O)NCCNc2ncccc2C(F)(F)F)ccc1OCc1cccnc1. The molecule has 3 aromatic rings. The van der Waals surface area contributed by atoms with Gasteiger partial charge in [-0.05, 0) is 43.3 Å². The van der Waals surface area contributed by atoms with Crippen LogP contribution in [0.5, 0.6) is 11.5 Å². The Hall–Kier alpha value is -3.82. The summed E-state index contributed by atoms with van der Waals surface area (Å²) in [4.78, 5) is 20.2. The zero-order valence-corrected chi connectivity index (χ0v) is 17.9. The van der Waals surface area contributed by atoms with Crippen molar-refractivity contribution in [2.75, 3.05) is 25.0 Å². The van der Waals surface area contributed by atoms with Gasteiger partial charge < -0.3 is 20.1 Å². The number of aromatic nitrogens is 2. The third-order valence-corrected chi connectivity index (χ3v) is 4.44. The van der Waals surface area contributed by atoms with E-state index in [4.69, 9.17) is 9.47 Å². The molecular formula is C23H23F3N4O3. The average Bonchev–Trinajstić information content (AvgIpc) is 2.81. The molecule has 7 nitrogen and oxygen atoms in total. The Kier molecular flexibility index (Phi) is 8.06. The van der Waals surface area contributed by atoms with E-state index in [0.717, 1.165) is 11.6 Å². The molecule has 2 aromatic heterocycles. The molecule has 0 aliphatic carbocycles. The molecule has 0 saturated carbocycles. The Morgan fingerprint density at radius 1 is 1.03 bits per heavy atom. The molecule has 0 aliphatic heterocycles. The van der Waals surface area contributed by atoms with Gasteiger partial charge in [0, 0.05) is 42.8 Å². The van der Waals surface area contributed by atoms with Crippen molar-refractivity contribution in [2.45, 2.75) is 19.7 Å². The summed E-state index contributed by atoms with van der Waals surface area (Å²) in [6.45, 7) is 2.64. The van der Waals surface area contributed by atoms with Crippen molar-refractivity contribution in [3.05, 3.63) is 77.7 Å². The average molecular weight is 460 g/mol. The van der Waals surface area contributed by atoms with Crippen LogP contribution in [0.15, 0.2) is 61.1 Å². The second-order valence-corrected chi connectivity index (χ2v) is 6.82. The minimum absolute atomic E-state index is 0.0659. The molecule has 0 spiro atoms. The number of nitrogens with one attached hydrogen (secondary N) is 2. The van der Waals surface area contributed by atoms with Crippen molar-refractivity contribution < 1.29 is 27.4 Å². The van der Waals surface area contributed by atoms with E-state index in [1.54, 1.807) is 30.6 Å². The molecule has 1 amide bonds. The van der Waals surface area contributed by atoms with Crippen molar-refractivity contribution in [3.63, 3.8) is 0 Å². The van der Waals surface area contributed by atoms with Gasteiger partial charge in [0.05, 0.1) is 12.2 Å². The minimum atomic E-state index is -4.52. The zero-order chi connectivity index (χ0) is 23.7. The van der Waals surface area contributed by atoms with Gasteiger partial charge in [-0.15, -0.1) is 0 Å². The van der Waals surface area contributed by atoms with Gasteiger partial charge in [0.2, 0.25) is 0 Å². The van der Waals surface area contributed by atoms with Gasteiger partial charge in [-0.25, -0.2) is 4.98 Å². The number of anilines is 1. The number of ether oxygens (including phenoxy) is 2. The highest BCUT2D eigenvalue weighted by Gasteiger charge is 2.33. The van der Waals surface area contributed by atoms with Gasteiger partial charge in [-0.2, -0.15) is 13.2 Å². The molecule has 174 valence electrons. The lowest BCUT2D eigenvalue weighted by Crippen LogP contribution is -2.29. The predicted octanol–water partition coefficient (Wildman–Crippen LogP) is 4.32. The maximum absolute atomic E-state index is 13.0. The largest absolute Gasteiger partial charge is 0.490 e. The van der Waals surface area contributed by atoms with Crippen LogP contribution >= 0.6 is 0 Å². The van der Waals surface area contributed by atoms with Crippen molar-refractivity contribution in [1.29, 1.82) is 0 Å². The van der Waals surface area contributed by atoms with E-state index in [2.05, 4.69) is 20.6 Å². The summed E-state index contributed by atoms with van der Waals surface area (Å²) in [6, 6.07) is 10.6. The third-order valence-electron chi connectivity index (χ3n) is 4.44. The van der Waals surface area contributed by atoms with Crippen molar-refractivity contribution in [1.82, 2.24) is 15.3 Å². The van der Waals surface area contributed by atoms with Gasteiger partial charge in [-0.1, -0.05) is 6.07 Å². The Morgan fingerprint density at radius 2 is 1.85 bits per heavy atom. The van der Waals surface area contributed by atoms with Crippen LogP contribution in [-0.2, 0) is 12.8 Å². The van der Waals surface area contributed by atoms with Crippen LogP contribution < -0.4 is 20.1 Å². The maximum Gasteiger partial charge on any atom is 0.419 e. The molecule has 2 heterocycles. The molecule has 0 atom stereocenters. The first kappa shape index (κ1) is 23.8. The fourth-order valence-electron chi connectivity index (χ4n) is 2.92. The van der Waals surface area contributed by atoms with E-state index in [0.29, 0.717) is 30.3 Å². The normalized spacial score (nSPS) is 11.0. The first-order valence-corrected chi connectivity index (χ1v) is 10.2. The van der Waals surface area contributed by atoms with E-state index in [9.17, 15) is 18.0 Å². The van der Waals surface area contributed by atoms with Gasteiger partial charge in [-0.3, -0.25) is 9.78 Å². The molecule has 0 unspecified atom stereocenters. The fourth-order valence-corrected chi connectivity index (χ4v) is 2.92. The van der Waals surface area contributed by atoms with Crippen LogP contribution in [-0.4, -0.2) is 35.6 Å². The molecule has 1 aromatic carbocycles. The zero-order valence-electron chi connectivity index (χ0n) is 17.9. The van der Waals surface area contributed by atoms with Gasteiger partial charge in [0.25, 0.3) is 5.91 Å². The van der Waals surface area contributed by atoms with Crippen LogP contribution in [0.4, 0.5) is 19.0 Å². The quantitative estimate of drug-likeness (QED) is 0.439. The van der Waals surface area contributed by atoms with E-state index < -0.39 is 17.6 Å². The molecule has 0 aliphatic rings. The van der Waals surface area contributed by atoms with E-state index in [-0.39, 0.29) is 18.9 Å². The highest BCUT2D eigenvalue weighted by atomic mass is 19.4. The lowest BCUT2D eigenvalue weighted by Gasteiger charge is -2.14. The lowest BCUT2D eigenvalue weighted by molar-refractivity contribution is -0.137. The smallest absolute Gasteiger partial charge is 0.419 e. The van der Waals surface area contributed by atoms with Crippen molar-refractivity contribution >= 4 is 11.7 Å². The fraction of sp³-hybridized carbons (Fsp3) is 0.261. The molecule has 0 fully saturated rings. The Bertz CT molecular complexity index is 1060. The molecule has 0 saturated heterocycles. The van der Waals surface area contributed by atoms with Crippen molar-refractivity contribution in [3.8, 4) is 11.5 Å². The highest BCUT2D eigenvalue weighted by molar-refractivity contribution is 5.94. The molecular weight excluding hydrogens is 437 g/mol. The van der Waals surface area contributed by atoms with Crippen LogP contribution in [0.2, 0.25) is 0 Å². The number of alkyl halides is 3. The summed E-state index contributed by atoms with van der Waals surface area (Å²) in [5.41, 5.74) is 0.358. The highest BCUT2D eigenvalue weighted by Crippen LogP contribution is 2.33. The molecule has 10 heteroatoms. The number of rotatable bonds is 10. The number of hydrogen-bond donors (Lipinski definition) is 2. The van der Waals surface area contributed by atoms with Crippen LogP contribution in [0.3, 0.4) is 0 Å². The molecule has 2 N–H and O–H groups in total. The van der Waals surface area contributed by atoms with Crippen LogP contribution in [0.1, 0.15) is 28.4 Å². The van der Waals surface area contributed by atoms with Gasteiger partial charge in [0.15, 0.2) is 11.5 Å². The number of hydrogen-bond acceptors (Lipinski definition) is 6. The van der Waals surface area contributed by atoms with Gasteiger partial charge in [0.1, 0.15) is 12.4 Å². The lowest BCUT2D eigenvalue weighted by atomic mass is 10.2. The summed E-state index contributed by atoms with van der Waals surface area (Å²) in [5, 5.41) is 5.26. The summed E-state index contributed by atoms with van der Waals surface area (Å²) >= 11 is 0. The number of benzene rings is 1. The Labute approximate surface area is 189 Å². The van der Waals surface area contributed by atoms with Crippen LogP contribution in [0.25, 0.3) is 0 Å². The minimum Gasteiger partial charge on any atom is -0.490 e. The first-order valence-electron chi connectivity index (χ1n) is 10.2. The number of amides is 1. The molecule has 3 rings (SSSR count). The number of halogens is 3. The summed E-state index contributed by atoms with van der Waals surface area (Å²) in [7, 11) is 0. The Morgan fingerprint density at radius 3 is 2.58 bits per heavy atom. The Balaban J connectivity index is 1.57. The van der Waals surface area contributed by atoms with Crippen LogP contribution in [0, 0.1) is 0 Å². The standard InChI is InChI=1S/C23H23F3N4O3/c1-2-32-20-13-17(7-8-19(20)33-15-16-5-3-9-27-14-16)22(31)30-12-11-29-21-18(23(24,25)26)6-4-10-28-21/h3-10,13-14H,2,11-12,15H2,1H3,(H,28,29)(H,30,31). The summed E-state index contributed by atoms with van der Waals surface area (Å²) in [5.74, 6) is 0.214. The predicted molar refractivity (Wildman–Crippen MR) is 116 cm³/mol. The monoisotopic (exact) mass is 460 g/mol. The third kappa shape index (κ3) is 6.83. The number of pyridine rings is 2. The second-order valence-electron chi connectivity index (χ2n) is 6.82. The second kappa shape index (κ2) is 11.2. The first-order chi connectivity index (χ1) is 15.9. The van der Waals surface area contributed by atoms with E-state index in [1.807, 2.05) is 19.1 Å². The molecule has 0 radical (unpaired) electrons. The molecule has 33 heavy (non-hydrogen) atoms. The van der Waals surface area contributed by atoms with Gasteiger partial charge >= 0.3 is 6.18 Å². The van der Waals surface area contributed by atoms with Crippen molar-refractivity contribution in [2.24, 2.45) is 0 Å². The summed E-state index contributed by atoms with van der Waals surface area (Å²) < 4.78 is 50.4. The molecule has 0 bridgehead atoms.